The Morgan fingerprint density at radius 1 is 1.13 bits per heavy atom. The topological polar surface area (TPSA) is 56.1 Å². The van der Waals surface area contributed by atoms with E-state index in [4.69, 9.17) is 0 Å². The number of aldehydes is 1. The number of aliphatic hydroxyl groups excluding tert-OH is 1. The molecule has 3 rings (SSSR count). The van der Waals surface area contributed by atoms with Crippen molar-refractivity contribution < 1.29 is 9.90 Å². The summed E-state index contributed by atoms with van der Waals surface area (Å²) in [5.74, 6) is 0.663. The van der Waals surface area contributed by atoms with E-state index in [1.54, 1.807) is 7.05 Å². The molecule has 0 radical (unpaired) electrons. The number of hydrogen-bond acceptors (Lipinski definition) is 4. The highest BCUT2D eigenvalue weighted by Gasteiger charge is 2.35. The standard InChI is InChI=1S/C17H27N3O2.C9H12.C5H12.C2H6/c1-13-16(14(22)12-21)20(10-9-19(13)4)15(18-3)11-17(2)7-5-6-8-17;1-2-9-7-5-3-4-6-8-9;1-3-5-4-2;1-2/h12,22H,1,5-11H2,2-4H3;3,5-8H,2,4H2,1H3;3-5H2,1-2H3;1-2H3/b16-14+,18-15?;;;. The maximum atomic E-state index is 11.1. The van der Waals surface area contributed by atoms with Gasteiger partial charge in [0.25, 0.3) is 0 Å². The fraction of sp³-hybridized carbons (Fsp3) is 0.636. The first kappa shape index (κ1) is 35.4. The predicted molar refractivity (Wildman–Crippen MR) is 167 cm³/mol. The maximum absolute atomic E-state index is 11.1. The van der Waals surface area contributed by atoms with Gasteiger partial charge in [0.2, 0.25) is 0 Å². The van der Waals surface area contributed by atoms with Crippen molar-refractivity contribution in [1.29, 1.82) is 0 Å². The Morgan fingerprint density at radius 2 is 1.76 bits per heavy atom. The van der Waals surface area contributed by atoms with E-state index in [2.05, 4.69) is 69.6 Å². The van der Waals surface area contributed by atoms with Crippen LogP contribution in [0.25, 0.3) is 0 Å². The van der Waals surface area contributed by atoms with Gasteiger partial charge in [0.05, 0.1) is 5.70 Å². The molecule has 0 atom stereocenters. The van der Waals surface area contributed by atoms with Crippen LogP contribution in [0.2, 0.25) is 0 Å². The molecule has 0 amide bonds. The van der Waals surface area contributed by atoms with Gasteiger partial charge in [-0.3, -0.25) is 9.79 Å². The van der Waals surface area contributed by atoms with Crippen LogP contribution < -0.4 is 0 Å². The van der Waals surface area contributed by atoms with Gasteiger partial charge in [-0.25, -0.2) is 0 Å². The summed E-state index contributed by atoms with van der Waals surface area (Å²) in [5, 5.41) is 10.0. The lowest BCUT2D eigenvalue weighted by atomic mass is 9.84. The summed E-state index contributed by atoms with van der Waals surface area (Å²) in [6.07, 6.45) is 23.5. The van der Waals surface area contributed by atoms with Crippen molar-refractivity contribution in [2.24, 2.45) is 10.4 Å². The van der Waals surface area contributed by atoms with E-state index in [0.717, 1.165) is 31.6 Å². The number of carbonyl (C=O) groups is 1. The molecular weight excluding hydrogens is 470 g/mol. The number of unbranched alkanes of at least 4 members (excludes halogenated alkanes) is 2. The van der Waals surface area contributed by atoms with Gasteiger partial charge >= 0.3 is 0 Å². The molecule has 2 fully saturated rings. The molecule has 1 heterocycles. The van der Waals surface area contributed by atoms with E-state index >= 15 is 0 Å². The number of likely N-dealkylation sites (N-methyl/N-ethyl adjacent to an activating group) is 1. The highest BCUT2D eigenvalue weighted by atomic mass is 16.3. The molecule has 0 aromatic carbocycles. The van der Waals surface area contributed by atoms with E-state index in [1.165, 1.54) is 50.5 Å². The van der Waals surface area contributed by atoms with Gasteiger partial charge in [-0.1, -0.05) is 111 Å². The van der Waals surface area contributed by atoms with Crippen LogP contribution >= 0.6 is 0 Å². The Hall–Kier alpha value is -2.56. The molecule has 0 bridgehead atoms. The van der Waals surface area contributed by atoms with Crippen LogP contribution in [0, 0.1) is 5.41 Å². The minimum Gasteiger partial charge on any atom is -0.503 e. The first-order valence-corrected chi connectivity index (χ1v) is 14.8. The second-order valence-electron chi connectivity index (χ2n) is 10.2. The third-order valence-corrected chi connectivity index (χ3v) is 7.15. The second-order valence-corrected chi connectivity index (χ2v) is 10.2. The Morgan fingerprint density at radius 3 is 2.26 bits per heavy atom. The molecule has 0 unspecified atom stereocenters. The monoisotopic (exact) mass is 527 g/mol. The summed E-state index contributed by atoms with van der Waals surface area (Å²) < 4.78 is 0. The van der Waals surface area contributed by atoms with Gasteiger partial charge in [0.15, 0.2) is 12.0 Å². The first-order valence-electron chi connectivity index (χ1n) is 14.8. The Labute approximate surface area is 234 Å². The molecule has 1 N–H and O–H groups in total. The van der Waals surface area contributed by atoms with Crippen molar-refractivity contribution in [3.05, 3.63) is 59.7 Å². The summed E-state index contributed by atoms with van der Waals surface area (Å²) >= 11 is 0. The normalized spacial score (nSPS) is 19.6. The van der Waals surface area contributed by atoms with Crippen molar-refractivity contribution in [2.75, 3.05) is 27.2 Å². The summed E-state index contributed by atoms with van der Waals surface area (Å²) in [7, 11) is 3.70. The molecule has 5 nitrogen and oxygen atoms in total. The third kappa shape index (κ3) is 12.3. The largest absolute Gasteiger partial charge is 0.503 e. The average Bonchev–Trinajstić information content (AvgIpc) is 3.19. The van der Waals surface area contributed by atoms with Gasteiger partial charge in [-0.15, -0.1) is 0 Å². The quantitative estimate of drug-likeness (QED) is 0.123. The first-order chi connectivity index (χ1) is 18.3. The van der Waals surface area contributed by atoms with E-state index in [0.29, 0.717) is 24.2 Å². The van der Waals surface area contributed by atoms with Crippen LogP contribution in [0.5, 0.6) is 0 Å². The fourth-order valence-electron chi connectivity index (χ4n) is 4.73. The fourth-order valence-corrected chi connectivity index (χ4v) is 4.73. The molecule has 0 aromatic heterocycles. The van der Waals surface area contributed by atoms with E-state index < -0.39 is 0 Å². The number of amidine groups is 1. The Balaban J connectivity index is 0.000000702. The van der Waals surface area contributed by atoms with E-state index in [9.17, 15) is 9.90 Å². The minimum atomic E-state index is -0.269. The predicted octanol–water partition coefficient (Wildman–Crippen LogP) is 8.78. The van der Waals surface area contributed by atoms with Crippen molar-refractivity contribution in [1.82, 2.24) is 9.80 Å². The number of allylic oxidation sites excluding steroid dienone is 7. The second kappa shape index (κ2) is 20.4. The van der Waals surface area contributed by atoms with Crippen LogP contribution in [0.3, 0.4) is 0 Å². The Bertz CT molecular complexity index is 840. The SMILES string of the molecule is C=C1/C(=C(\O)C=O)N(C(CC2(C)CCCC2)=NC)CCN1C.CC.CCC1=CC=CCC=C1.CCCCC. The third-order valence-electron chi connectivity index (χ3n) is 7.15. The van der Waals surface area contributed by atoms with Gasteiger partial charge in [-0.2, -0.15) is 0 Å². The number of rotatable bonds is 6. The number of nitrogens with zero attached hydrogens (tertiary/aromatic N) is 3. The van der Waals surface area contributed by atoms with Crippen LogP contribution in [-0.4, -0.2) is 54.2 Å². The maximum Gasteiger partial charge on any atom is 0.186 e. The molecule has 5 heteroatoms. The van der Waals surface area contributed by atoms with Gasteiger partial charge in [-0.05, 0) is 36.7 Å². The number of aliphatic hydroxyl groups is 1. The molecule has 216 valence electrons. The lowest BCUT2D eigenvalue weighted by Crippen LogP contribution is -2.46. The highest BCUT2D eigenvalue weighted by molar-refractivity contribution is 5.87. The van der Waals surface area contributed by atoms with Crippen molar-refractivity contribution in [3.8, 4) is 0 Å². The van der Waals surface area contributed by atoms with E-state index in [1.807, 2.05) is 30.7 Å². The number of carbonyl (C=O) groups excluding carboxylic acids is 1. The molecule has 1 saturated carbocycles. The van der Waals surface area contributed by atoms with Crippen molar-refractivity contribution in [2.45, 2.75) is 106 Å². The summed E-state index contributed by atoms with van der Waals surface area (Å²) in [5.41, 5.74) is 2.84. The van der Waals surface area contributed by atoms with Gasteiger partial charge < -0.3 is 14.9 Å². The summed E-state index contributed by atoms with van der Waals surface area (Å²) in [4.78, 5) is 19.5. The smallest absolute Gasteiger partial charge is 0.186 e. The zero-order valence-electron chi connectivity index (χ0n) is 25.9. The molecule has 0 spiro atoms. The molecule has 3 aliphatic rings. The van der Waals surface area contributed by atoms with Crippen LogP contribution in [0.1, 0.15) is 106 Å². The average molecular weight is 528 g/mol. The van der Waals surface area contributed by atoms with Crippen molar-refractivity contribution >= 4 is 12.1 Å². The molecule has 38 heavy (non-hydrogen) atoms. The molecule has 1 saturated heterocycles. The zero-order chi connectivity index (χ0) is 29.0. The van der Waals surface area contributed by atoms with Gasteiger partial charge in [0, 0.05) is 33.6 Å². The van der Waals surface area contributed by atoms with Crippen LogP contribution in [0.15, 0.2) is 64.7 Å². The lowest BCUT2D eigenvalue weighted by molar-refractivity contribution is -0.107. The van der Waals surface area contributed by atoms with Crippen LogP contribution in [0.4, 0.5) is 0 Å². The lowest BCUT2D eigenvalue weighted by Gasteiger charge is -2.40. The van der Waals surface area contributed by atoms with Gasteiger partial charge in [0.1, 0.15) is 11.5 Å². The Kier molecular flexibility index (Phi) is 19.0. The molecular formula is C33H57N3O2. The van der Waals surface area contributed by atoms with E-state index in [-0.39, 0.29) is 11.2 Å². The van der Waals surface area contributed by atoms with Crippen LogP contribution in [-0.2, 0) is 4.79 Å². The molecule has 2 aliphatic carbocycles. The molecule has 1 aliphatic heterocycles. The van der Waals surface area contributed by atoms with Crippen molar-refractivity contribution in [3.63, 3.8) is 0 Å². The zero-order valence-corrected chi connectivity index (χ0v) is 25.9. The molecule has 0 aromatic rings. The number of piperazine rings is 1. The number of aliphatic imine (C=N–C) groups is 1. The highest BCUT2D eigenvalue weighted by Crippen LogP contribution is 2.41. The summed E-state index contributed by atoms with van der Waals surface area (Å²) in [6.45, 7) is 18.4. The minimum absolute atomic E-state index is 0.265. The number of hydrogen-bond donors (Lipinski definition) is 1. The summed E-state index contributed by atoms with van der Waals surface area (Å²) in [6, 6.07) is 0.